The molecule has 0 fully saturated rings. The predicted molar refractivity (Wildman–Crippen MR) is 78.3 cm³/mol. The average Bonchev–Trinajstić information content (AvgIpc) is 2.73. The van der Waals surface area contributed by atoms with Crippen LogP contribution in [0.5, 0.6) is 0 Å². The number of hydrogen-bond acceptors (Lipinski definition) is 4. The summed E-state index contributed by atoms with van der Waals surface area (Å²) in [6.07, 6.45) is 1.16. The van der Waals surface area contributed by atoms with Crippen molar-refractivity contribution in [1.82, 2.24) is 5.32 Å². The van der Waals surface area contributed by atoms with Gasteiger partial charge in [-0.1, -0.05) is 0 Å². The SMILES string of the molecule is NC(=O)C[C@H](NC(=O)CCCc1ccc(Br)s1)C(=O)O. The van der Waals surface area contributed by atoms with Crippen molar-refractivity contribution >= 4 is 45.1 Å². The first-order chi connectivity index (χ1) is 9.38. The average molecular weight is 363 g/mol. The molecular formula is C12H15BrN2O4S. The molecule has 4 N–H and O–H groups in total. The highest BCUT2D eigenvalue weighted by molar-refractivity contribution is 9.11. The van der Waals surface area contributed by atoms with Gasteiger partial charge in [0.1, 0.15) is 6.04 Å². The molecule has 20 heavy (non-hydrogen) atoms. The molecule has 8 heteroatoms. The number of carbonyl (C=O) groups excluding carboxylic acids is 2. The minimum Gasteiger partial charge on any atom is -0.480 e. The zero-order chi connectivity index (χ0) is 15.1. The quantitative estimate of drug-likeness (QED) is 0.646. The van der Waals surface area contributed by atoms with Crippen LogP contribution in [0.15, 0.2) is 15.9 Å². The summed E-state index contributed by atoms with van der Waals surface area (Å²) in [6, 6.07) is 2.66. The van der Waals surface area contributed by atoms with Crippen LogP contribution in [0.3, 0.4) is 0 Å². The number of aliphatic carboxylic acids is 1. The number of aryl methyl sites for hydroxylation is 1. The Morgan fingerprint density at radius 2 is 2.10 bits per heavy atom. The first-order valence-electron chi connectivity index (χ1n) is 5.93. The van der Waals surface area contributed by atoms with Gasteiger partial charge in [0.2, 0.25) is 11.8 Å². The van der Waals surface area contributed by atoms with E-state index in [1.807, 2.05) is 12.1 Å². The molecule has 1 aromatic heterocycles. The van der Waals surface area contributed by atoms with Crippen LogP contribution < -0.4 is 11.1 Å². The lowest BCUT2D eigenvalue weighted by atomic mass is 10.1. The Balaban J connectivity index is 2.34. The van der Waals surface area contributed by atoms with Crippen molar-refractivity contribution in [2.45, 2.75) is 31.7 Å². The third-order valence-electron chi connectivity index (χ3n) is 2.49. The predicted octanol–water partition coefficient (Wildman–Crippen LogP) is 1.28. The topological polar surface area (TPSA) is 109 Å². The molecule has 0 saturated heterocycles. The van der Waals surface area contributed by atoms with E-state index < -0.39 is 30.2 Å². The first-order valence-corrected chi connectivity index (χ1v) is 7.54. The molecule has 0 aromatic carbocycles. The Hall–Kier alpha value is -1.41. The van der Waals surface area contributed by atoms with Gasteiger partial charge in [-0.25, -0.2) is 4.79 Å². The Morgan fingerprint density at radius 1 is 1.40 bits per heavy atom. The van der Waals surface area contributed by atoms with E-state index in [0.717, 1.165) is 15.1 Å². The summed E-state index contributed by atoms with van der Waals surface area (Å²) in [5, 5.41) is 11.1. The first kappa shape index (κ1) is 16.6. The Kier molecular flexibility index (Phi) is 6.66. The van der Waals surface area contributed by atoms with Crippen molar-refractivity contribution in [2.75, 3.05) is 0 Å². The summed E-state index contributed by atoms with van der Waals surface area (Å²) < 4.78 is 1.03. The van der Waals surface area contributed by atoms with Crippen molar-refractivity contribution in [3.05, 3.63) is 20.8 Å². The van der Waals surface area contributed by atoms with Crippen molar-refractivity contribution in [1.29, 1.82) is 0 Å². The normalized spacial score (nSPS) is 11.8. The number of amides is 2. The summed E-state index contributed by atoms with van der Waals surface area (Å²) in [5.41, 5.74) is 4.93. The maximum Gasteiger partial charge on any atom is 0.326 e. The van der Waals surface area contributed by atoms with Crippen molar-refractivity contribution in [3.8, 4) is 0 Å². The van der Waals surface area contributed by atoms with Crippen molar-refractivity contribution in [2.24, 2.45) is 5.73 Å². The fourth-order valence-corrected chi connectivity index (χ4v) is 3.10. The Labute approximate surface area is 128 Å². The highest BCUT2D eigenvalue weighted by atomic mass is 79.9. The largest absolute Gasteiger partial charge is 0.480 e. The van der Waals surface area contributed by atoms with Crippen LogP contribution in [0.2, 0.25) is 0 Å². The third-order valence-corrected chi connectivity index (χ3v) is 4.18. The zero-order valence-corrected chi connectivity index (χ0v) is 13.0. The Bertz CT molecular complexity index is 503. The molecule has 0 aliphatic carbocycles. The lowest BCUT2D eigenvalue weighted by molar-refractivity contribution is -0.143. The second-order valence-corrected chi connectivity index (χ2v) is 6.74. The molecule has 0 spiro atoms. The molecule has 0 unspecified atom stereocenters. The molecule has 0 radical (unpaired) electrons. The summed E-state index contributed by atoms with van der Waals surface area (Å²) in [4.78, 5) is 34.3. The van der Waals surface area contributed by atoms with Gasteiger partial charge < -0.3 is 16.2 Å². The number of rotatable bonds is 8. The maximum absolute atomic E-state index is 11.6. The van der Waals surface area contributed by atoms with Crippen molar-refractivity contribution < 1.29 is 19.5 Å². The minimum absolute atomic E-state index is 0.206. The molecule has 1 rings (SSSR count). The van der Waals surface area contributed by atoms with Crippen LogP contribution in [0.25, 0.3) is 0 Å². The van der Waals surface area contributed by atoms with Crippen molar-refractivity contribution in [3.63, 3.8) is 0 Å². The molecule has 1 heterocycles. The van der Waals surface area contributed by atoms with E-state index in [4.69, 9.17) is 10.8 Å². The molecule has 1 atom stereocenters. The molecule has 110 valence electrons. The summed E-state index contributed by atoms with van der Waals surface area (Å²) >= 11 is 4.95. The van der Waals surface area contributed by atoms with Crippen LogP contribution in [-0.4, -0.2) is 28.9 Å². The summed E-state index contributed by atoms with van der Waals surface area (Å²) in [5.74, 6) is -2.42. The molecule has 1 aromatic rings. The maximum atomic E-state index is 11.6. The fourth-order valence-electron chi connectivity index (χ4n) is 1.58. The van der Waals surface area contributed by atoms with Gasteiger partial charge in [0, 0.05) is 11.3 Å². The van der Waals surface area contributed by atoms with E-state index in [0.29, 0.717) is 6.42 Å². The lowest BCUT2D eigenvalue weighted by Gasteiger charge is -2.12. The van der Waals surface area contributed by atoms with Gasteiger partial charge >= 0.3 is 5.97 Å². The number of nitrogens with one attached hydrogen (secondary N) is 1. The second kappa shape index (κ2) is 8.01. The molecule has 6 nitrogen and oxygen atoms in total. The van der Waals surface area contributed by atoms with E-state index >= 15 is 0 Å². The number of hydrogen-bond donors (Lipinski definition) is 3. The second-order valence-electron chi connectivity index (χ2n) is 4.19. The summed E-state index contributed by atoms with van der Waals surface area (Å²) in [7, 11) is 0. The number of halogens is 1. The third kappa shape index (κ3) is 6.16. The fraction of sp³-hybridized carbons (Fsp3) is 0.417. The summed E-state index contributed by atoms with van der Waals surface area (Å²) in [6.45, 7) is 0. The van der Waals surface area contributed by atoms with E-state index in [9.17, 15) is 14.4 Å². The number of carbonyl (C=O) groups is 3. The minimum atomic E-state index is -1.26. The highest BCUT2D eigenvalue weighted by Crippen LogP contribution is 2.23. The number of thiophene rings is 1. The van der Waals surface area contributed by atoms with Crippen LogP contribution in [0.1, 0.15) is 24.1 Å². The number of carboxylic acid groups (broad SMARTS) is 1. The number of carboxylic acids is 1. The van der Waals surface area contributed by atoms with Gasteiger partial charge in [0.25, 0.3) is 0 Å². The monoisotopic (exact) mass is 362 g/mol. The Morgan fingerprint density at radius 3 is 2.60 bits per heavy atom. The van der Waals surface area contributed by atoms with E-state index in [2.05, 4.69) is 21.2 Å². The standard InChI is InChI=1S/C12H15BrN2O4S/c13-9-5-4-7(20-9)2-1-3-11(17)15-8(12(18)19)6-10(14)16/h4-5,8H,1-3,6H2,(H2,14,16)(H,15,17)(H,18,19)/t8-/m0/s1. The van der Waals surface area contributed by atoms with Gasteiger partial charge in [0.15, 0.2) is 0 Å². The molecule has 0 aliphatic heterocycles. The number of primary amides is 1. The molecular weight excluding hydrogens is 348 g/mol. The van der Waals surface area contributed by atoms with Gasteiger partial charge in [0.05, 0.1) is 10.2 Å². The van der Waals surface area contributed by atoms with Gasteiger partial charge in [-0.2, -0.15) is 0 Å². The van der Waals surface area contributed by atoms with E-state index in [1.54, 1.807) is 11.3 Å². The van der Waals surface area contributed by atoms with Gasteiger partial charge in [-0.15, -0.1) is 11.3 Å². The molecule has 0 bridgehead atoms. The number of nitrogens with two attached hydrogens (primary N) is 1. The van der Waals surface area contributed by atoms with Crippen LogP contribution in [-0.2, 0) is 20.8 Å². The molecule has 0 saturated carbocycles. The smallest absolute Gasteiger partial charge is 0.326 e. The van der Waals surface area contributed by atoms with E-state index in [-0.39, 0.29) is 6.42 Å². The molecule has 2 amide bonds. The van der Waals surface area contributed by atoms with Crippen LogP contribution in [0, 0.1) is 0 Å². The van der Waals surface area contributed by atoms with Crippen LogP contribution in [0.4, 0.5) is 0 Å². The highest BCUT2D eigenvalue weighted by Gasteiger charge is 2.21. The van der Waals surface area contributed by atoms with Crippen LogP contribution >= 0.6 is 27.3 Å². The van der Waals surface area contributed by atoms with Gasteiger partial charge in [-0.3, -0.25) is 9.59 Å². The zero-order valence-electron chi connectivity index (χ0n) is 10.6. The van der Waals surface area contributed by atoms with Gasteiger partial charge in [-0.05, 0) is 40.9 Å². The van der Waals surface area contributed by atoms with E-state index in [1.165, 1.54) is 0 Å². The lowest BCUT2D eigenvalue weighted by Crippen LogP contribution is -2.43. The molecule has 0 aliphatic rings.